The second-order valence-corrected chi connectivity index (χ2v) is 3.55. The minimum Gasteiger partial charge on any atom is -0.373 e. The molecule has 0 saturated carbocycles. The first-order valence-electron chi connectivity index (χ1n) is 5.07. The lowest BCUT2D eigenvalue weighted by Crippen LogP contribution is -2.29. The Hall–Kier alpha value is -0.460. The Bertz CT molecular complexity index is 127. The van der Waals surface area contributed by atoms with Gasteiger partial charge in [-0.05, 0) is 33.6 Å². The van der Waals surface area contributed by atoms with E-state index in [4.69, 9.17) is 0 Å². The van der Waals surface area contributed by atoms with Gasteiger partial charge in [0.2, 0.25) is 0 Å². The Balaban J connectivity index is 3.86. The van der Waals surface area contributed by atoms with Gasteiger partial charge in [-0.15, -0.1) is 0 Å². The summed E-state index contributed by atoms with van der Waals surface area (Å²) in [5.74, 6) is 0. The molecule has 0 saturated heterocycles. The van der Waals surface area contributed by atoms with E-state index in [0.717, 1.165) is 13.0 Å². The van der Waals surface area contributed by atoms with Gasteiger partial charge in [0.05, 0.1) is 0 Å². The van der Waals surface area contributed by atoms with E-state index in [1.54, 1.807) is 0 Å². The molecule has 0 bridgehead atoms. The Morgan fingerprint density at radius 2 is 1.92 bits per heavy atom. The summed E-state index contributed by atoms with van der Waals surface area (Å²) in [6, 6.07) is 0.597. The van der Waals surface area contributed by atoms with E-state index in [1.807, 2.05) is 0 Å². The molecule has 0 rings (SSSR count). The molecule has 0 radical (unpaired) electrons. The maximum atomic E-state index is 4.11. The molecule has 1 heteroatoms. The van der Waals surface area contributed by atoms with Gasteiger partial charge in [0.25, 0.3) is 0 Å². The zero-order valence-corrected chi connectivity index (χ0v) is 9.06. The molecule has 0 N–H and O–H groups in total. The van der Waals surface area contributed by atoms with E-state index in [1.165, 1.54) is 18.5 Å². The Morgan fingerprint density at radius 3 is 2.25 bits per heavy atom. The van der Waals surface area contributed by atoms with Crippen molar-refractivity contribution in [2.45, 2.75) is 53.0 Å². The molecular weight excluding hydrogens is 146 g/mol. The standard InChI is InChI=1S/C11H23N/c1-6-8-9-11(5)12(7-2)10(3)4/h10H,5-9H2,1-4H3. The molecule has 12 heavy (non-hydrogen) atoms. The average molecular weight is 169 g/mol. The lowest BCUT2D eigenvalue weighted by Gasteiger charge is -2.29. The van der Waals surface area contributed by atoms with Gasteiger partial charge < -0.3 is 4.90 Å². The van der Waals surface area contributed by atoms with Crippen LogP contribution in [0.25, 0.3) is 0 Å². The predicted octanol–water partition coefficient (Wildman–Crippen LogP) is 3.42. The van der Waals surface area contributed by atoms with E-state index in [9.17, 15) is 0 Å². The smallest absolute Gasteiger partial charge is 0.0230 e. The molecule has 0 aliphatic heterocycles. The highest BCUT2D eigenvalue weighted by molar-refractivity contribution is 4.94. The first-order valence-corrected chi connectivity index (χ1v) is 5.07. The first-order chi connectivity index (χ1) is 5.63. The number of hydrogen-bond acceptors (Lipinski definition) is 1. The van der Waals surface area contributed by atoms with E-state index in [2.05, 4.69) is 39.2 Å². The third kappa shape index (κ3) is 3.80. The van der Waals surface area contributed by atoms with Gasteiger partial charge in [0, 0.05) is 18.3 Å². The van der Waals surface area contributed by atoms with Gasteiger partial charge in [-0.2, -0.15) is 0 Å². The highest BCUT2D eigenvalue weighted by Crippen LogP contribution is 2.13. The maximum Gasteiger partial charge on any atom is 0.0230 e. The van der Waals surface area contributed by atoms with Crippen molar-refractivity contribution in [3.63, 3.8) is 0 Å². The summed E-state index contributed by atoms with van der Waals surface area (Å²) < 4.78 is 0. The van der Waals surface area contributed by atoms with Crippen molar-refractivity contribution in [2.24, 2.45) is 0 Å². The summed E-state index contributed by atoms with van der Waals surface area (Å²) in [4.78, 5) is 2.37. The van der Waals surface area contributed by atoms with Crippen molar-refractivity contribution in [1.29, 1.82) is 0 Å². The van der Waals surface area contributed by atoms with Crippen molar-refractivity contribution in [3.8, 4) is 0 Å². The monoisotopic (exact) mass is 169 g/mol. The SMILES string of the molecule is C=C(CCCC)N(CC)C(C)C. The Morgan fingerprint density at radius 1 is 1.33 bits per heavy atom. The molecular formula is C11H23N. The maximum absolute atomic E-state index is 4.11. The normalized spacial score (nSPS) is 10.4. The zero-order chi connectivity index (χ0) is 9.56. The zero-order valence-electron chi connectivity index (χ0n) is 9.06. The largest absolute Gasteiger partial charge is 0.373 e. The van der Waals surface area contributed by atoms with Gasteiger partial charge in [-0.1, -0.05) is 19.9 Å². The van der Waals surface area contributed by atoms with E-state index >= 15 is 0 Å². The summed E-state index contributed by atoms with van der Waals surface area (Å²) in [6.45, 7) is 14.1. The minimum absolute atomic E-state index is 0.597. The van der Waals surface area contributed by atoms with Crippen LogP contribution in [0.15, 0.2) is 12.3 Å². The van der Waals surface area contributed by atoms with E-state index in [-0.39, 0.29) is 0 Å². The van der Waals surface area contributed by atoms with Crippen LogP contribution < -0.4 is 0 Å². The summed E-state index contributed by atoms with van der Waals surface area (Å²) in [5.41, 5.74) is 1.30. The molecule has 1 nitrogen and oxygen atoms in total. The third-order valence-electron chi connectivity index (χ3n) is 2.19. The van der Waals surface area contributed by atoms with Crippen molar-refractivity contribution in [2.75, 3.05) is 6.54 Å². The topological polar surface area (TPSA) is 3.24 Å². The number of unbranched alkanes of at least 4 members (excludes halogenated alkanes) is 1. The quantitative estimate of drug-likeness (QED) is 0.589. The molecule has 0 atom stereocenters. The van der Waals surface area contributed by atoms with Gasteiger partial charge in [-0.3, -0.25) is 0 Å². The van der Waals surface area contributed by atoms with Gasteiger partial charge in [-0.25, -0.2) is 0 Å². The van der Waals surface area contributed by atoms with Gasteiger partial charge >= 0.3 is 0 Å². The van der Waals surface area contributed by atoms with Crippen LogP contribution >= 0.6 is 0 Å². The Kier molecular flexibility index (Phi) is 5.87. The predicted molar refractivity (Wildman–Crippen MR) is 56.2 cm³/mol. The molecule has 0 aromatic heterocycles. The summed E-state index contributed by atoms with van der Waals surface area (Å²) >= 11 is 0. The molecule has 0 aromatic rings. The number of allylic oxidation sites excluding steroid dienone is 1. The van der Waals surface area contributed by atoms with Crippen LogP contribution in [0.1, 0.15) is 47.0 Å². The molecule has 0 aliphatic rings. The van der Waals surface area contributed by atoms with Crippen molar-refractivity contribution >= 4 is 0 Å². The number of nitrogens with zero attached hydrogens (tertiary/aromatic N) is 1. The highest BCUT2D eigenvalue weighted by atomic mass is 15.1. The molecule has 0 aliphatic carbocycles. The van der Waals surface area contributed by atoms with Crippen LogP contribution in [0.5, 0.6) is 0 Å². The minimum atomic E-state index is 0.597. The van der Waals surface area contributed by atoms with Crippen LogP contribution in [-0.2, 0) is 0 Å². The van der Waals surface area contributed by atoms with Crippen molar-refractivity contribution < 1.29 is 0 Å². The molecule has 0 aromatic carbocycles. The molecule has 0 unspecified atom stereocenters. The second kappa shape index (κ2) is 6.10. The number of rotatable bonds is 6. The summed E-state index contributed by atoms with van der Waals surface area (Å²) in [6.07, 6.45) is 3.68. The fourth-order valence-corrected chi connectivity index (χ4v) is 1.48. The lowest BCUT2D eigenvalue weighted by molar-refractivity contribution is 0.288. The average Bonchev–Trinajstić information content (AvgIpc) is 2.01. The molecule has 72 valence electrons. The Labute approximate surface area is 77.5 Å². The fourth-order valence-electron chi connectivity index (χ4n) is 1.48. The third-order valence-corrected chi connectivity index (χ3v) is 2.19. The highest BCUT2D eigenvalue weighted by Gasteiger charge is 2.07. The van der Waals surface area contributed by atoms with E-state index in [0.29, 0.717) is 6.04 Å². The van der Waals surface area contributed by atoms with Crippen LogP contribution in [0, 0.1) is 0 Å². The van der Waals surface area contributed by atoms with Crippen molar-refractivity contribution in [3.05, 3.63) is 12.3 Å². The molecule has 0 amide bonds. The van der Waals surface area contributed by atoms with Gasteiger partial charge in [0.15, 0.2) is 0 Å². The van der Waals surface area contributed by atoms with Crippen LogP contribution in [0.3, 0.4) is 0 Å². The first kappa shape index (κ1) is 11.5. The molecule has 0 fully saturated rings. The van der Waals surface area contributed by atoms with Gasteiger partial charge in [0.1, 0.15) is 0 Å². The van der Waals surface area contributed by atoms with Crippen LogP contribution in [0.2, 0.25) is 0 Å². The van der Waals surface area contributed by atoms with E-state index < -0.39 is 0 Å². The number of hydrogen-bond donors (Lipinski definition) is 0. The second-order valence-electron chi connectivity index (χ2n) is 3.55. The van der Waals surface area contributed by atoms with Crippen molar-refractivity contribution in [1.82, 2.24) is 4.90 Å². The van der Waals surface area contributed by atoms with Crippen LogP contribution in [0.4, 0.5) is 0 Å². The molecule has 0 spiro atoms. The lowest BCUT2D eigenvalue weighted by atomic mass is 10.2. The summed E-state index contributed by atoms with van der Waals surface area (Å²) in [7, 11) is 0. The van der Waals surface area contributed by atoms with Crippen LogP contribution in [-0.4, -0.2) is 17.5 Å². The molecule has 0 heterocycles. The summed E-state index contributed by atoms with van der Waals surface area (Å²) in [5, 5.41) is 0. The fraction of sp³-hybridized carbons (Fsp3) is 0.818.